The van der Waals surface area contributed by atoms with E-state index < -0.39 is 0 Å². The molecule has 2 N–H and O–H groups in total. The number of ether oxygens (including phenoxy) is 1. The number of rotatable bonds is 9. The third kappa shape index (κ3) is 8.48. The Kier molecular flexibility index (Phi) is 9.35. The number of hydrogen-bond donors (Lipinski definition) is 2. The predicted octanol–water partition coefficient (Wildman–Crippen LogP) is 1.41. The SMILES string of the molecule is COCCC(C)NCCCC(C)CO. The van der Waals surface area contributed by atoms with Crippen LogP contribution in [0.4, 0.5) is 0 Å². The lowest BCUT2D eigenvalue weighted by Gasteiger charge is -2.14. The molecule has 0 radical (unpaired) electrons. The lowest BCUT2D eigenvalue weighted by molar-refractivity contribution is 0.184. The van der Waals surface area contributed by atoms with Crippen molar-refractivity contribution in [2.24, 2.45) is 5.92 Å². The molecule has 14 heavy (non-hydrogen) atoms. The van der Waals surface area contributed by atoms with Crippen molar-refractivity contribution in [3.05, 3.63) is 0 Å². The third-order valence-corrected chi connectivity index (χ3v) is 2.43. The van der Waals surface area contributed by atoms with E-state index in [-0.39, 0.29) is 0 Å². The van der Waals surface area contributed by atoms with Gasteiger partial charge in [0.25, 0.3) is 0 Å². The van der Waals surface area contributed by atoms with E-state index in [9.17, 15) is 0 Å². The molecular formula is C11H25NO2. The Morgan fingerprint density at radius 3 is 2.57 bits per heavy atom. The van der Waals surface area contributed by atoms with Gasteiger partial charge in [-0.05, 0) is 38.6 Å². The molecule has 3 heteroatoms. The van der Waals surface area contributed by atoms with Crippen molar-refractivity contribution in [3.8, 4) is 0 Å². The highest BCUT2D eigenvalue weighted by atomic mass is 16.5. The fourth-order valence-corrected chi connectivity index (χ4v) is 1.29. The molecule has 0 saturated heterocycles. The molecule has 0 aliphatic carbocycles. The van der Waals surface area contributed by atoms with Crippen LogP contribution in [0.15, 0.2) is 0 Å². The summed E-state index contributed by atoms with van der Waals surface area (Å²) in [6.07, 6.45) is 3.30. The second-order valence-electron chi connectivity index (χ2n) is 4.07. The zero-order valence-corrected chi connectivity index (χ0v) is 9.75. The van der Waals surface area contributed by atoms with Crippen LogP contribution in [0, 0.1) is 5.92 Å². The summed E-state index contributed by atoms with van der Waals surface area (Å²) in [5, 5.41) is 12.3. The Labute approximate surface area is 87.8 Å². The van der Waals surface area contributed by atoms with Crippen molar-refractivity contribution in [1.82, 2.24) is 5.32 Å². The van der Waals surface area contributed by atoms with Gasteiger partial charge in [-0.2, -0.15) is 0 Å². The zero-order chi connectivity index (χ0) is 10.8. The molecule has 0 rings (SSSR count). The number of aliphatic hydroxyl groups is 1. The highest BCUT2D eigenvalue weighted by Gasteiger charge is 2.02. The monoisotopic (exact) mass is 203 g/mol. The molecule has 0 heterocycles. The summed E-state index contributed by atoms with van der Waals surface area (Å²) in [4.78, 5) is 0. The van der Waals surface area contributed by atoms with Gasteiger partial charge in [0.2, 0.25) is 0 Å². The van der Waals surface area contributed by atoms with Crippen LogP contribution in [0.2, 0.25) is 0 Å². The first kappa shape index (κ1) is 13.9. The van der Waals surface area contributed by atoms with Crippen molar-refractivity contribution < 1.29 is 9.84 Å². The minimum atomic E-state index is 0.305. The van der Waals surface area contributed by atoms with Gasteiger partial charge < -0.3 is 15.2 Å². The summed E-state index contributed by atoms with van der Waals surface area (Å²) < 4.78 is 5.00. The summed E-state index contributed by atoms with van der Waals surface area (Å²) >= 11 is 0. The normalized spacial score (nSPS) is 15.4. The Morgan fingerprint density at radius 1 is 1.29 bits per heavy atom. The topological polar surface area (TPSA) is 41.5 Å². The van der Waals surface area contributed by atoms with E-state index in [4.69, 9.17) is 9.84 Å². The van der Waals surface area contributed by atoms with E-state index in [0.29, 0.717) is 18.6 Å². The van der Waals surface area contributed by atoms with Gasteiger partial charge in [-0.3, -0.25) is 0 Å². The summed E-state index contributed by atoms with van der Waals surface area (Å²) in [5.41, 5.74) is 0. The minimum Gasteiger partial charge on any atom is -0.396 e. The van der Waals surface area contributed by atoms with Crippen LogP contribution in [0.3, 0.4) is 0 Å². The second kappa shape index (κ2) is 9.44. The van der Waals surface area contributed by atoms with Crippen LogP contribution < -0.4 is 5.32 Å². The average Bonchev–Trinajstić information content (AvgIpc) is 2.21. The van der Waals surface area contributed by atoms with Gasteiger partial charge in [-0.15, -0.1) is 0 Å². The molecule has 2 unspecified atom stereocenters. The van der Waals surface area contributed by atoms with Crippen molar-refractivity contribution in [2.45, 2.75) is 39.2 Å². The first-order valence-corrected chi connectivity index (χ1v) is 5.53. The van der Waals surface area contributed by atoms with Gasteiger partial charge in [0.1, 0.15) is 0 Å². The molecule has 0 aromatic heterocycles. The van der Waals surface area contributed by atoms with E-state index in [1.165, 1.54) is 0 Å². The molecular weight excluding hydrogens is 178 g/mol. The molecule has 0 amide bonds. The maximum atomic E-state index is 8.82. The van der Waals surface area contributed by atoms with Gasteiger partial charge in [-0.1, -0.05) is 6.92 Å². The molecule has 0 spiro atoms. The average molecular weight is 203 g/mol. The fourth-order valence-electron chi connectivity index (χ4n) is 1.29. The molecule has 2 atom stereocenters. The van der Waals surface area contributed by atoms with Crippen molar-refractivity contribution >= 4 is 0 Å². The molecule has 0 aliphatic rings. The van der Waals surface area contributed by atoms with Gasteiger partial charge in [0, 0.05) is 26.4 Å². The Morgan fingerprint density at radius 2 is 2.00 bits per heavy atom. The van der Waals surface area contributed by atoms with Gasteiger partial charge >= 0.3 is 0 Å². The first-order chi connectivity index (χ1) is 6.70. The largest absolute Gasteiger partial charge is 0.396 e. The van der Waals surface area contributed by atoms with Gasteiger partial charge in [-0.25, -0.2) is 0 Å². The van der Waals surface area contributed by atoms with Crippen LogP contribution in [-0.2, 0) is 4.74 Å². The van der Waals surface area contributed by atoms with E-state index in [1.54, 1.807) is 7.11 Å². The summed E-state index contributed by atoms with van der Waals surface area (Å²) in [6.45, 7) is 6.42. The Hall–Kier alpha value is -0.120. The molecule has 3 nitrogen and oxygen atoms in total. The lowest BCUT2D eigenvalue weighted by Crippen LogP contribution is -2.28. The van der Waals surface area contributed by atoms with E-state index in [2.05, 4.69) is 19.2 Å². The molecule has 0 aliphatic heterocycles. The lowest BCUT2D eigenvalue weighted by atomic mass is 10.1. The van der Waals surface area contributed by atoms with Gasteiger partial charge in [0.15, 0.2) is 0 Å². The number of nitrogens with one attached hydrogen (secondary N) is 1. The van der Waals surface area contributed by atoms with Gasteiger partial charge in [0.05, 0.1) is 0 Å². The fraction of sp³-hybridized carbons (Fsp3) is 1.00. The van der Waals surface area contributed by atoms with Crippen LogP contribution in [-0.4, -0.2) is 38.0 Å². The minimum absolute atomic E-state index is 0.305. The molecule has 0 aromatic carbocycles. The number of methoxy groups -OCH3 is 1. The van der Waals surface area contributed by atoms with E-state index >= 15 is 0 Å². The summed E-state index contributed by atoms with van der Waals surface area (Å²) in [5.74, 6) is 0.436. The van der Waals surface area contributed by atoms with Crippen LogP contribution >= 0.6 is 0 Å². The highest BCUT2D eigenvalue weighted by Crippen LogP contribution is 2.03. The third-order valence-electron chi connectivity index (χ3n) is 2.43. The Bertz CT molecular complexity index is 120. The standard InChI is InChI=1S/C11H25NO2/c1-10(9-13)5-4-7-12-11(2)6-8-14-3/h10-13H,4-9H2,1-3H3. The number of aliphatic hydroxyl groups excluding tert-OH is 1. The maximum absolute atomic E-state index is 8.82. The quantitative estimate of drug-likeness (QED) is 0.557. The summed E-state index contributed by atoms with van der Waals surface area (Å²) in [7, 11) is 1.73. The van der Waals surface area contributed by atoms with Crippen molar-refractivity contribution in [1.29, 1.82) is 0 Å². The van der Waals surface area contributed by atoms with E-state index in [1.807, 2.05) is 0 Å². The zero-order valence-electron chi connectivity index (χ0n) is 9.75. The second-order valence-corrected chi connectivity index (χ2v) is 4.07. The molecule has 0 saturated carbocycles. The maximum Gasteiger partial charge on any atom is 0.0476 e. The molecule has 0 aromatic rings. The smallest absolute Gasteiger partial charge is 0.0476 e. The predicted molar refractivity (Wildman–Crippen MR) is 59.4 cm³/mol. The highest BCUT2D eigenvalue weighted by molar-refractivity contribution is 4.60. The molecule has 0 bridgehead atoms. The van der Waals surface area contributed by atoms with E-state index in [0.717, 1.165) is 32.4 Å². The first-order valence-electron chi connectivity index (χ1n) is 5.53. The summed E-state index contributed by atoms with van der Waals surface area (Å²) in [6, 6.07) is 0.527. The van der Waals surface area contributed by atoms with Crippen LogP contribution in [0.25, 0.3) is 0 Å². The molecule has 86 valence electrons. The Balaban J connectivity index is 3.18. The van der Waals surface area contributed by atoms with Crippen LogP contribution in [0.5, 0.6) is 0 Å². The van der Waals surface area contributed by atoms with Crippen LogP contribution in [0.1, 0.15) is 33.1 Å². The van der Waals surface area contributed by atoms with Crippen molar-refractivity contribution in [2.75, 3.05) is 26.9 Å². The number of hydrogen-bond acceptors (Lipinski definition) is 3. The van der Waals surface area contributed by atoms with Crippen molar-refractivity contribution in [3.63, 3.8) is 0 Å². The molecule has 0 fully saturated rings.